The summed E-state index contributed by atoms with van der Waals surface area (Å²) < 4.78 is 1.61. The maximum atomic E-state index is 11.7. The summed E-state index contributed by atoms with van der Waals surface area (Å²) >= 11 is 1.16. The van der Waals surface area contributed by atoms with Gasteiger partial charge < -0.3 is 15.6 Å². The average molecular weight is 277 g/mol. The van der Waals surface area contributed by atoms with Crippen LogP contribution < -0.4 is 15.9 Å². The fraction of sp³-hybridized carbons (Fsp3) is 0.231. The Balaban J connectivity index is 1.79. The molecular formula is C13H15N3O2S. The van der Waals surface area contributed by atoms with Gasteiger partial charge in [-0.15, -0.1) is 0 Å². The van der Waals surface area contributed by atoms with Gasteiger partial charge in [0.25, 0.3) is 0 Å². The van der Waals surface area contributed by atoms with Crippen LogP contribution in [-0.2, 0) is 11.3 Å². The van der Waals surface area contributed by atoms with Gasteiger partial charge in [0.15, 0.2) is 0 Å². The van der Waals surface area contributed by atoms with Gasteiger partial charge in [0.05, 0.1) is 0 Å². The number of rotatable bonds is 5. The molecule has 0 radical (unpaired) electrons. The van der Waals surface area contributed by atoms with E-state index in [-0.39, 0.29) is 10.8 Å². The molecular weight excluding hydrogens is 262 g/mol. The van der Waals surface area contributed by atoms with Crippen molar-refractivity contribution in [3.05, 3.63) is 45.5 Å². The Bertz CT molecular complexity index is 618. The Morgan fingerprint density at radius 1 is 1.42 bits per heavy atom. The molecule has 100 valence electrons. The summed E-state index contributed by atoms with van der Waals surface area (Å²) in [6, 6.07) is 7.05. The summed E-state index contributed by atoms with van der Waals surface area (Å²) in [4.78, 5) is 23.0. The second-order valence-corrected chi connectivity index (χ2v) is 5.00. The first-order chi connectivity index (χ1) is 9.15. The van der Waals surface area contributed by atoms with Crippen LogP contribution in [0.1, 0.15) is 12.8 Å². The molecule has 1 heterocycles. The van der Waals surface area contributed by atoms with E-state index in [1.165, 1.54) is 0 Å². The number of thiazole rings is 1. The number of nitrogens with one attached hydrogen (secondary N) is 1. The van der Waals surface area contributed by atoms with E-state index in [1.54, 1.807) is 40.4 Å². The zero-order chi connectivity index (χ0) is 13.7. The second-order valence-electron chi connectivity index (χ2n) is 4.14. The highest BCUT2D eigenvalue weighted by atomic mass is 32.1. The van der Waals surface area contributed by atoms with Crippen molar-refractivity contribution in [1.29, 1.82) is 0 Å². The molecule has 2 aromatic rings. The number of anilines is 2. The Hall–Kier alpha value is -2.08. The summed E-state index contributed by atoms with van der Waals surface area (Å²) in [5.41, 5.74) is 6.93. The highest BCUT2D eigenvalue weighted by molar-refractivity contribution is 7.07. The number of hydrogen-bond acceptors (Lipinski definition) is 4. The summed E-state index contributed by atoms with van der Waals surface area (Å²) in [5.74, 6) is -0.0751. The van der Waals surface area contributed by atoms with Crippen molar-refractivity contribution >= 4 is 28.6 Å². The van der Waals surface area contributed by atoms with Crippen molar-refractivity contribution in [2.75, 3.05) is 11.1 Å². The van der Waals surface area contributed by atoms with Gasteiger partial charge in [-0.2, -0.15) is 0 Å². The molecule has 0 aliphatic heterocycles. The van der Waals surface area contributed by atoms with E-state index in [0.717, 1.165) is 11.3 Å². The van der Waals surface area contributed by atoms with Crippen LogP contribution >= 0.6 is 11.3 Å². The number of aryl methyl sites for hydroxylation is 1. The van der Waals surface area contributed by atoms with Crippen LogP contribution in [-0.4, -0.2) is 10.5 Å². The monoisotopic (exact) mass is 277 g/mol. The molecule has 1 aromatic heterocycles. The summed E-state index contributed by atoms with van der Waals surface area (Å²) in [6.07, 6.45) is 2.74. The number of nitrogens with zero attached hydrogens (tertiary/aromatic N) is 1. The van der Waals surface area contributed by atoms with Gasteiger partial charge in [-0.1, -0.05) is 17.4 Å². The topological polar surface area (TPSA) is 77.1 Å². The molecule has 0 aliphatic carbocycles. The maximum absolute atomic E-state index is 11.7. The van der Waals surface area contributed by atoms with Crippen molar-refractivity contribution in [3.8, 4) is 0 Å². The molecule has 2 rings (SSSR count). The van der Waals surface area contributed by atoms with E-state index in [4.69, 9.17) is 5.73 Å². The molecule has 19 heavy (non-hydrogen) atoms. The van der Waals surface area contributed by atoms with Crippen LogP contribution in [0.3, 0.4) is 0 Å². The molecule has 6 heteroatoms. The third-order valence-electron chi connectivity index (χ3n) is 2.62. The number of hydrogen-bond donors (Lipinski definition) is 2. The number of aromatic nitrogens is 1. The van der Waals surface area contributed by atoms with E-state index in [1.807, 2.05) is 0 Å². The van der Waals surface area contributed by atoms with Crippen molar-refractivity contribution in [1.82, 2.24) is 4.57 Å². The third kappa shape index (κ3) is 3.96. The smallest absolute Gasteiger partial charge is 0.307 e. The van der Waals surface area contributed by atoms with Crippen molar-refractivity contribution in [3.63, 3.8) is 0 Å². The Labute approximate surface area is 114 Å². The Kier molecular flexibility index (Phi) is 4.35. The molecule has 0 atom stereocenters. The van der Waals surface area contributed by atoms with E-state index in [9.17, 15) is 9.59 Å². The number of benzene rings is 1. The number of carbonyl (C=O) groups excluding carboxylic acids is 1. The molecule has 0 spiro atoms. The van der Waals surface area contributed by atoms with E-state index in [0.29, 0.717) is 30.8 Å². The number of nitrogens with two attached hydrogens (primary N) is 1. The Morgan fingerprint density at radius 3 is 2.95 bits per heavy atom. The first-order valence-electron chi connectivity index (χ1n) is 5.94. The lowest BCUT2D eigenvalue weighted by Crippen LogP contribution is -2.15. The first kappa shape index (κ1) is 13.4. The van der Waals surface area contributed by atoms with Crippen molar-refractivity contribution < 1.29 is 4.79 Å². The molecule has 0 saturated carbocycles. The molecule has 1 amide bonds. The normalized spacial score (nSPS) is 10.3. The Morgan fingerprint density at radius 2 is 2.26 bits per heavy atom. The fourth-order valence-electron chi connectivity index (χ4n) is 1.71. The summed E-state index contributed by atoms with van der Waals surface area (Å²) in [6.45, 7) is 0.562. The number of carbonyl (C=O) groups is 1. The van der Waals surface area contributed by atoms with Crippen LogP contribution in [0.5, 0.6) is 0 Å². The van der Waals surface area contributed by atoms with Crippen LogP contribution in [0.4, 0.5) is 11.4 Å². The molecule has 1 aromatic carbocycles. The quantitative estimate of drug-likeness (QED) is 0.820. The lowest BCUT2D eigenvalue weighted by molar-refractivity contribution is -0.116. The molecule has 5 nitrogen and oxygen atoms in total. The zero-order valence-corrected chi connectivity index (χ0v) is 11.2. The van der Waals surface area contributed by atoms with E-state index < -0.39 is 0 Å². The van der Waals surface area contributed by atoms with Gasteiger partial charge in [-0.3, -0.25) is 9.59 Å². The van der Waals surface area contributed by atoms with Crippen molar-refractivity contribution in [2.45, 2.75) is 19.4 Å². The minimum absolute atomic E-state index is 0.0104. The predicted molar refractivity (Wildman–Crippen MR) is 77.3 cm³/mol. The molecule has 3 N–H and O–H groups in total. The first-order valence-corrected chi connectivity index (χ1v) is 6.82. The second kappa shape index (κ2) is 6.19. The fourth-order valence-corrected chi connectivity index (χ4v) is 2.32. The number of nitrogen functional groups attached to an aromatic ring is 1. The summed E-state index contributed by atoms with van der Waals surface area (Å²) in [7, 11) is 0. The maximum Gasteiger partial charge on any atom is 0.307 e. The van der Waals surface area contributed by atoms with Gasteiger partial charge in [0.1, 0.15) is 0 Å². The van der Waals surface area contributed by atoms with Crippen molar-refractivity contribution in [2.24, 2.45) is 0 Å². The van der Waals surface area contributed by atoms with Gasteiger partial charge in [-0.25, -0.2) is 0 Å². The lowest BCUT2D eigenvalue weighted by atomic mass is 10.2. The van der Waals surface area contributed by atoms with Crippen LogP contribution in [0, 0.1) is 0 Å². The highest BCUT2D eigenvalue weighted by Gasteiger charge is 2.03. The van der Waals surface area contributed by atoms with Crippen LogP contribution in [0.2, 0.25) is 0 Å². The predicted octanol–water partition coefficient (Wildman–Crippen LogP) is 1.91. The standard InChI is InChI=1S/C13H15N3O2S/c14-10-3-1-4-11(9-10)15-12(17)5-2-6-16-7-8-19-13(16)18/h1,3-4,7-9H,2,5-6,14H2,(H,15,17). The average Bonchev–Trinajstić information content (AvgIpc) is 2.75. The molecule has 0 saturated heterocycles. The van der Waals surface area contributed by atoms with Crippen LogP contribution in [0.15, 0.2) is 40.6 Å². The van der Waals surface area contributed by atoms with E-state index in [2.05, 4.69) is 5.32 Å². The largest absolute Gasteiger partial charge is 0.399 e. The summed E-state index contributed by atoms with van der Waals surface area (Å²) in [5, 5.41) is 4.52. The van der Waals surface area contributed by atoms with Gasteiger partial charge in [-0.05, 0) is 24.6 Å². The molecule has 0 bridgehead atoms. The highest BCUT2D eigenvalue weighted by Crippen LogP contribution is 2.12. The SMILES string of the molecule is Nc1cccc(NC(=O)CCCn2ccsc2=O)c1. The molecule has 0 aliphatic rings. The lowest BCUT2D eigenvalue weighted by Gasteiger charge is -2.06. The van der Waals surface area contributed by atoms with Gasteiger partial charge >= 0.3 is 4.87 Å². The third-order valence-corrected chi connectivity index (χ3v) is 3.31. The molecule has 0 fully saturated rings. The van der Waals surface area contributed by atoms with Gasteiger partial charge in [0, 0.05) is 35.9 Å². The van der Waals surface area contributed by atoms with Crippen LogP contribution in [0.25, 0.3) is 0 Å². The minimum atomic E-state index is -0.0751. The van der Waals surface area contributed by atoms with Gasteiger partial charge in [0.2, 0.25) is 5.91 Å². The number of amides is 1. The molecule has 0 unspecified atom stereocenters. The zero-order valence-electron chi connectivity index (χ0n) is 10.3. The minimum Gasteiger partial charge on any atom is -0.399 e. The van der Waals surface area contributed by atoms with E-state index >= 15 is 0 Å².